The third kappa shape index (κ3) is 8.22. The van der Waals surface area contributed by atoms with Crippen LogP contribution in [0.5, 0.6) is 0 Å². The summed E-state index contributed by atoms with van der Waals surface area (Å²) in [5.41, 5.74) is -0.218. The highest BCUT2D eigenvalue weighted by Crippen LogP contribution is 2.34. The van der Waals surface area contributed by atoms with Gasteiger partial charge in [0.1, 0.15) is 6.61 Å². The molecule has 12 heteroatoms. The first kappa shape index (κ1) is 25.2. The molecule has 29 heavy (non-hydrogen) atoms. The predicted octanol–water partition coefficient (Wildman–Crippen LogP) is 6.62. The van der Waals surface area contributed by atoms with Crippen molar-refractivity contribution in [3.8, 4) is 0 Å². The lowest BCUT2D eigenvalue weighted by Gasteiger charge is -2.14. The maximum Gasteiger partial charge on any atom is 0.417 e. The first-order valence-electron chi connectivity index (χ1n) is 7.76. The van der Waals surface area contributed by atoms with Crippen LogP contribution in [0.3, 0.4) is 0 Å². The van der Waals surface area contributed by atoms with Gasteiger partial charge in [-0.25, -0.2) is 0 Å². The van der Waals surface area contributed by atoms with Gasteiger partial charge in [0, 0.05) is 16.1 Å². The summed E-state index contributed by atoms with van der Waals surface area (Å²) >= 11 is 17.8. The van der Waals surface area contributed by atoms with Gasteiger partial charge in [-0.2, -0.15) is 26.4 Å². The van der Waals surface area contributed by atoms with Crippen LogP contribution in [-0.2, 0) is 28.1 Å². The van der Waals surface area contributed by atoms with Crippen LogP contribution in [0.25, 0.3) is 0 Å². The summed E-state index contributed by atoms with van der Waals surface area (Å²) < 4.78 is 62.4. The van der Waals surface area contributed by atoms with E-state index >= 15 is 0 Å². The largest absolute Gasteiger partial charge is 0.417 e. The van der Waals surface area contributed by atoms with Gasteiger partial charge in [0.15, 0.2) is 0 Å². The van der Waals surface area contributed by atoms with Crippen molar-refractivity contribution in [3.63, 3.8) is 0 Å². The van der Waals surface area contributed by atoms with E-state index in [2.05, 4.69) is 5.16 Å². The molecule has 2 rings (SSSR count). The average Bonchev–Trinajstić information content (AvgIpc) is 2.60. The third-order valence-corrected chi connectivity index (χ3v) is 4.45. The molecule has 0 saturated carbocycles. The molecule has 0 aliphatic heterocycles. The summed E-state index contributed by atoms with van der Waals surface area (Å²) in [6, 6.07) is 8.34. The smallest absolute Gasteiger partial charge is 0.391 e. The second-order valence-corrected chi connectivity index (χ2v) is 6.99. The molecule has 0 aliphatic rings. The number of hydrogen-bond donors (Lipinski definition) is 1. The van der Waals surface area contributed by atoms with Gasteiger partial charge >= 0.3 is 16.7 Å². The number of alkyl halides is 3. The van der Waals surface area contributed by atoms with Crippen LogP contribution >= 0.6 is 34.8 Å². The Kier molecular flexibility index (Phi) is 9.91. The molecule has 0 bridgehead atoms. The molecule has 158 valence electrons. The van der Waals surface area contributed by atoms with E-state index in [1.165, 1.54) is 12.1 Å². The SMILES string of the molecule is CC/C(=N\OCc1cccc(Cl)c1Cl)c1cc(Cl)ccc1C(F)(F)F.N=S(=O)=O. The van der Waals surface area contributed by atoms with Gasteiger partial charge in [-0.1, -0.05) is 59.0 Å². The molecule has 0 saturated heterocycles. The van der Waals surface area contributed by atoms with Crippen LogP contribution < -0.4 is 0 Å². The molecular formula is C17H14Cl3F3N2O3S. The fourth-order valence-electron chi connectivity index (χ4n) is 2.15. The molecule has 0 radical (unpaired) electrons. The highest BCUT2D eigenvalue weighted by molar-refractivity contribution is 7.60. The molecule has 0 aliphatic carbocycles. The maximum atomic E-state index is 13.2. The Hall–Kier alpha value is -1.81. The minimum atomic E-state index is -4.52. The van der Waals surface area contributed by atoms with Crippen molar-refractivity contribution in [2.24, 2.45) is 5.16 Å². The van der Waals surface area contributed by atoms with Crippen LogP contribution in [0.15, 0.2) is 41.6 Å². The highest BCUT2D eigenvalue weighted by Gasteiger charge is 2.34. The van der Waals surface area contributed by atoms with Crippen molar-refractivity contribution in [1.29, 1.82) is 4.78 Å². The summed E-state index contributed by atoms with van der Waals surface area (Å²) in [4.78, 5) is 5.20. The van der Waals surface area contributed by atoms with Gasteiger partial charge in [0.25, 0.3) is 0 Å². The normalized spacial score (nSPS) is 11.5. The topological polar surface area (TPSA) is 79.6 Å². The van der Waals surface area contributed by atoms with Crippen molar-refractivity contribution in [1.82, 2.24) is 0 Å². The average molecular weight is 490 g/mol. The molecule has 0 atom stereocenters. The second kappa shape index (κ2) is 11.4. The first-order chi connectivity index (χ1) is 13.5. The Morgan fingerprint density at radius 2 is 1.79 bits per heavy atom. The van der Waals surface area contributed by atoms with E-state index in [4.69, 9.17) is 52.8 Å². The molecule has 5 nitrogen and oxygen atoms in total. The fourth-order valence-corrected chi connectivity index (χ4v) is 2.69. The third-order valence-electron chi connectivity index (χ3n) is 3.36. The minimum Gasteiger partial charge on any atom is -0.391 e. The van der Waals surface area contributed by atoms with Crippen molar-refractivity contribution in [2.75, 3.05) is 0 Å². The number of benzene rings is 2. The van der Waals surface area contributed by atoms with E-state index < -0.39 is 22.2 Å². The Balaban J connectivity index is 0.000000960. The zero-order valence-electron chi connectivity index (χ0n) is 14.7. The van der Waals surface area contributed by atoms with E-state index in [1.54, 1.807) is 25.1 Å². The van der Waals surface area contributed by atoms with Crippen molar-refractivity contribution < 1.29 is 26.4 Å². The quantitative estimate of drug-likeness (QED) is 0.378. The van der Waals surface area contributed by atoms with E-state index in [1.807, 2.05) is 0 Å². The molecule has 1 N–H and O–H groups in total. The Labute approximate surface area is 181 Å². The molecule has 0 aromatic heterocycles. The van der Waals surface area contributed by atoms with Crippen molar-refractivity contribution >= 4 is 51.0 Å². The molecule has 2 aromatic carbocycles. The number of rotatable bonds is 5. The summed E-state index contributed by atoms with van der Waals surface area (Å²) in [5.74, 6) is 0. The summed E-state index contributed by atoms with van der Waals surface area (Å²) in [6.07, 6.45) is -4.29. The van der Waals surface area contributed by atoms with Gasteiger partial charge in [-0.15, -0.1) is 0 Å². The van der Waals surface area contributed by atoms with E-state index in [0.717, 1.165) is 6.07 Å². The molecular weight excluding hydrogens is 476 g/mol. The van der Waals surface area contributed by atoms with Gasteiger partial charge < -0.3 is 4.84 Å². The van der Waals surface area contributed by atoms with Crippen LogP contribution in [0.4, 0.5) is 13.2 Å². The van der Waals surface area contributed by atoms with Crippen LogP contribution in [-0.4, -0.2) is 14.1 Å². The minimum absolute atomic E-state index is 0.0230. The van der Waals surface area contributed by atoms with Crippen molar-refractivity contribution in [2.45, 2.75) is 26.1 Å². The first-order valence-corrected chi connectivity index (χ1v) is 9.97. The van der Waals surface area contributed by atoms with Gasteiger partial charge in [0.2, 0.25) is 0 Å². The van der Waals surface area contributed by atoms with E-state index in [0.29, 0.717) is 15.6 Å². The van der Waals surface area contributed by atoms with Crippen molar-refractivity contribution in [3.05, 3.63) is 68.2 Å². The van der Waals surface area contributed by atoms with E-state index in [9.17, 15) is 13.2 Å². The zero-order chi connectivity index (χ0) is 22.2. The van der Waals surface area contributed by atoms with Crippen LogP contribution in [0.1, 0.15) is 30.0 Å². The zero-order valence-corrected chi connectivity index (χ0v) is 17.8. The lowest BCUT2D eigenvalue weighted by molar-refractivity contribution is -0.137. The predicted molar refractivity (Wildman–Crippen MR) is 106 cm³/mol. The number of hydrogen-bond acceptors (Lipinski definition) is 5. The molecule has 0 amide bonds. The molecule has 2 aromatic rings. The Morgan fingerprint density at radius 3 is 2.34 bits per heavy atom. The van der Waals surface area contributed by atoms with Crippen LogP contribution in [0.2, 0.25) is 15.1 Å². The number of nitrogens with one attached hydrogen (secondary N) is 1. The fraction of sp³-hybridized carbons (Fsp3) is 0.235. The van der Waals surface area contributed by atoms with Gasteiger partial charge in [-0.3, -0.25) is 0 Å². The summed E-state index contributed by atoms with van der Waals surface area (Å²) in [6.45, 7) is 1.65. The Bertz CT molecular complexity index is 991. The highest BCUT2D eigenvalue weighted by atomic mass is 35.5. The standard InChI is InChI=1S/C17H13Cl3F3NO.HNO2S/c1-2-15(12-8-11(18)6-7-13(12)17(21,22)23)24-25-9-10-4-3-5-14(19)16(10)20;1-4(2)3/h3-8H,2,9H2,1H3;1H/b24-15+;. The number of nitrogens with zero attached hydrogens (tertiary/aromatic N) is 1. The van der Waals surface area contributed by atoms with Gasteiger partial charge in [-0.05, 0) is 30.7 Å². The maximum absolute atomic E-state index is 13.2. The number of oxime groups is 1. The molecule has 0 fully saturated rings. The number of halogens is 6. The van der Waals surface area contributed by atoms with Crippen LogP contribution in [0, 0.1) is 4.78 Å². The Morgan fingerprint density at radius 1 is 1.17 bits per heavy atom. The molecule has 0 heterocycles. The van der Waals surface area contributed by atoms with E-state index in [-0.39, 0.29) is 29.3 Å². The lowest BCUT2D eigenvalue weighted by Crippen LogP contribution is -2.13. The summed E-state index contributed by atoms with van der Waals surface area (Å²) in [5, 5.41) is 4.71. The monoisotopic (exact) mass is 488 g/mol. The van der Waals surface area contributed by atoms with Gasteiger partial charge in [0.05, 0.1) is 21.3 Å². The molecule has 0 spiro atoms. The second-order valence-electron chi connectivity index (χ2n) is 5.30. The molecule has 0 unspecified atom stereocenters. The summed E-state index contributed by atoms with van der Waals surface area (Å²) in [7, 11) is -2.61. The lowest BCUT2D eigenvalue weighted by atomic mass is 10.0.